The zero-order valence-corrected chi connectivity index (χ0v) is 12.4. The van der Waals surface area contributed by atoms with Crippen molar-refractivity contribution in [1.29, 1.82) is 0 Å². The SMILES string of the molecule is CC(C)c1ccc(OCC(O)CO)c(OCC(O)CO)c1. The highest BCUT2D eigenvalue weighted by molar-refractivity contribution is 5.43. The van der Waals surface area contributed by atoms with Gasteiger partial charge in [-0.05, 0) is 23.6 Å². The van der Waals surface area contributed by atoms with Crippen molar-refractivity contribution in [2.75, 3.05) is 26.4 Å². The van der Waals surface area contributed by atoms with Gasteiger partial charge in [0.25, 0.3) is 0 Å². The summed E-state index contributed by atoms with van der Waals surface area (Å²) in [7, 11) is 0. The molecule has 21 heavy (non-hydrogen) atoms. The Morgan fingerprint density at radius 1 is 0.905 bits per heavy atom. The summed E-state index contributed by atoms with van der Waals surface area (Å²) in [4.78, 5) is 0. The van der Waals surface area contributed by atoms with Crippen LogP contribution >= 0.6 is 0 Å². The lowest BCUT2D eigenvalue weighted by Gasteiger charge is -2.17. The van der Waals surface area contributed by atoms with E-state index in [4.69, 9.17) is 19.7 Å². The van der Waals surface area contributed by atoms with Crippen LogP contribution in [-0.2, 0) is 0 Å². The van der Waals surface area contributed by atoms with Gasteiger partial charge in [0.15, 0.2) is 11.5 Å². The molecule has 2 atom stereocenters. The fourth-order valence-corrected chi connectivity index (χ4v) is 1.59. The van der Waals surface area contributed by atoms with Gasteiger partial charge < -0.3 is 29.9 Å². The molecule has 0 radical (unpaired) electrons. The van der Waals surface area contributed by atoms with Crippen molar-refractivity contribution in [2.24, 2.45) is 0 Å². The van der Waals surface area contributed by atoms with E-state index in [2.05, 4.69) is 0 Å². The lowest BCUT2D eigenvalue weighted by atomic mass is 10.0. The van der Waals surface area contributed by atoms with E-state index in [-0.39, 0.29) is 26.4 Å². The van der Waals surface area contributed by atoms with Crippen LogP contribution in [-0.4, -0.2) is 59.1 Å². The van der Waals surface area contributed by atoms with E-state index in [0.717, 1.165) is 5.56 Å². The highest BCUT2D eigenvalue weighted by Crippen LogP contribution is 2.31. The molecule has 0 aliphatic rings. The molecule has 6 heteroatoms. The van der Waals surface area contributed by atoms with E-state index in [1.165, 1.54) is 0 Å². The van der Waals surface area contributed by atoms with Crippen LogP contribution < -0.4 is 9.47 Å². The van der Waals surface area contributed by atoms with Crippen molar-refractivity contribution < 1.29 is 29.9 Å². The molecule has 2 unspecified atom stereocenters. The van der Waals surface area contributed by atoms with Crippen molar-refractivity contribution in [3.63, 3.8) is 0 Å². The number of aliphatic hydroxyl groups excluding tert-OH is 4. The van der Waals surface area contributed by atoms with Gasteiger partial charge in [0, 0.05) is 0 Å². The molecule has 6 nitrogen and oxygen atoms in total. The quantitative estimate of drug-likeness (QED) is 0.522. The second-order valence-electron chi connectivity index (χ2n) is 5.16. The average molecular weight is 300 g/mol. The fraction of sp³-hybridized carbons (Fsp3) is 0.600. The van der Waals surface area contributed by atoms with Crippen molar-refractivity contribution in [1.82, 2.24) is 0 Å². The van der Waals surface area contributed by atoms with E-state index in [0.29, 0.717) is 17.4 Å². The Morgan fingerprint density at radius 2 is 1.43 bits per heavy atom. The average Bonchev–Trinajstić information content (AvgIpc) is 2.50. The van der Waals surface area contributed by atoms with Gasteiger partial charge >= 0.3 is 0 Å². The van der Waals surface area contributed by atoms with Crippen molar-refractivity contribution in [3.05, 3.63) is 23.8 Å². The van der Waals surface area contributed by atoms with E-state index in [1.54, 1.807) is 12.1 Å². The standard InChI is InChI=1S/C15H24O6/c1-10(2)11-3-4-14(20-8-12(18)6-16)15(5-11)21-9-13(19)7-17/h3-5,10,12-13,16-19H,6-9H2,1-2H3. The molecule has 0 saturated heterocycles. The maximum atomic E-state index is 9.36. The normalized spacial score (nSPS) is 14.0. The molecule has 0 aliphatic carbocycles. The third-order valence-corrected chi connectivity index (χ3v) is 2.92. The van der Waals surface area contributed by atoms with Crippen LogP contribution in [0.2, 0.25) is 0 Å². The van der Waals surface area contributed by atoms with Crippen molar-refractivity contribution >= 4 is 0 Å². The van der Waals surface area contributed by atoms with Crippen LogP contribution in [0.3, 0.4) is 0 Å². The summed E-state index contributed by atoms with van der Waals surface area (Å²) < 4.78 is 10.9. The summed E-state index contributed by atoms with van der Waals surface area (Å²) in [6.07, 6.45) is -1.94. The Bertz CT molecular complexity index is 421. The zero-order chi connectivity index (χ0) is 15.8. The summed E-state index contributed by atoms with van der Waals surface area (Å²) in [5.41, 5.74) is 1.04. The smallest absolute Gasteiger partial charge is 0.161 e. The number of benzene rings is 1. The first kappa shape index (κ1) is 17.7. The molecule has 0 saturated carbocycles. The molecule has 0 spiro atoms. The van der Waals surface area contributed by atoms with Crippen LogP contribution in [0.25, 0.3) is 0 Å². The maximum Gasteiger partial charge on any atom is 0.161 e. The second kappa shape index (κ2) is 8.84. The van der Waals surface area contributed by atoms with Crippen LogP contribution in [0.1, 0.15) is 25.3 Å². The molecule has 0 heterocycles. The van der Waals surface area contributed by atoms with E-state index < -0.39 is 12.2 Å². The molecule has 1 rings (SSSR count). The first-order valence-corrected chi connectivity index (χ1v) is 6.95. The first-order chi connectivity index (χ1) is 9.97. The third-order valence-electron chi connectivity index (χ3n) is 2.92. The second-order valence-corrected chi connectivity index (χ2v) is 5.16. The summed E-state index contributed by atoms with van der Waals surface area (Å²) >= 11 is 0. The Labute approximate surface area is 124 Å². The topological polar surface area (TPSA) is 99.4 Å². The van der Waals surface area contributed by atoms with Gasteiger partial charge in [-0.2, -0.15) is 0 Å². The van der Waals surface area contributed by atoms with Crippen molar-refractivity contribution in [3.8, 4) is 11.5 Å². The fourth-order valence-electron chi connectivity index (χ4n) is 1.59. The van der Waals surface area contributed by atoms with Crippen LogP contribution in [0.15, 0.2) is 18.2 Å². The van der Waals surface area contributed by atoms with Crippen LogP contribution in [0, 0.1) is 0 Å². The minimum atomic E-state index is -0.969. The summed E-state index contributed by atoms with van der Waals surface area (Å²) in [6.45, 7) is 3.19. The van der Waals surface area contributed by atoms with Crippen LogP contribution in [0.4, 0.5) is 0 Å². The van der Waals surface area contributed by atoms with Gasteiger partial charge in [-0.15, -0.1) is 0 Å². The highest BCUT2D eigenvalue weighted by atomic mass is 16.5. The predicted octanol–water partition coefficient (Wildman–Crippen LogP) is 0.274. The third kappa shape index (κ3) is 5.89. The van der Waals surface area contributed by atoms with Crippen LogP contribution in [0.5, 0.6) is 11.5 Å². The van der Waals surface area contributed by atoms with E-state index in [9.17, 15) is 10.2 Å². The highest BCUT2D eigenvalue weighted by Gasteiger charge is 2.12. The number of ether oxygens (including phenoxy) is 2. The Hall–Kier alpha value is -1.34. The van der Waals surface area contributed by atoms with Gasteiger partial charge in [-0.1, -0.05) is 19.9 Å². The number of rotatable bonds is 9. The number of aliphatic hydroxyl groups is 4. The maximum absolute atomic E-state index is 9.36. The molecule has 0 aliphatic heterocycles. The first-order valence-electron chi connectivity index (χ1n) is 6.95. The van der Waals surface area contributed by atoms with Gasteiger partial charge in [0.1, 0.15) is 25.4 Å². The number of hydrogen-bond acceptors (Lipinski definition) is 6. The summed E-state index contributed by atoms with van der Waals surface area (Å²) in [5, 5.41) is 36.3. The predicted molar refractivity (Wildman–Crippen MR) is 77.7 cm³/mol. The minimum Gasteiger partial charge on any atom is -0.487 e. The van der Waals surface area contributed by atoms with E-state index >= 15 is 0 Å². The minimum absolute atomic E-state index is 0.0586. The Kier molecular flexibility index (Phi) is 7.45. The molecule has 1 aromatic carbocycles. The lowest BCUT2D eigenvalue weighted by molar-refractivity contribution is 0.0447. The van der Waals surface area contributed by atoms with Gasteiger partial charge in [-0.25, -0.2) is 0 Å². The Balaban J connectivity index is 2.83. The van der Waals surface area contributed by atoms with E-state index in [1.807, 2.05) is 19.9 Å². The molecular formula is C15H24O6. The molecule has 120 valence electrons. The van der Waals surface area contributed by atoms with Gasteiger partial charge in [0.2, 0.25) is 0 Å². The lowest BCUT2D eigenvalue weighted by Crippen LogP contribution is -2.23. The molecule has 0 aromatic heterocycles. The monoisotopic (exact) mass is 300 g/mol. The summed E-state index contributed by atoms with van der Waals surface area (Å²) in [6, 6.07) is 5.41. The molecule has 0 fully saturated rings. The molecule has 1 aromatic rings. The summed E-state index contributed by atoms with van der Waals surface area (Å²) in [5.74, 6) is 1.14. The largest absolute Gasteiger partial charge is 0.487 e. The molecule has 0 bridgehead atoms. The number of hydrogen-bond donors (Lipinski definition) is 4. The zero-order valence-electron chi connectivity index (χ0n) is 12.4. The van der Waals surface area contributed by atoms with Gasteiger partial charge in [-0.3, -0.25) is 0 Å². The Morgan fingerprint density at radius 3 is 1.90 bits per heavy atom. The van der Waals surface area contributed by atoms with Gasteiger partial charge in [0.05, 0.1) is 13.2 Å². The van der Waals surface area contributed by atoms with Crippen molar-refractivity contribution in [2.45, 2.75) is 32.0 Å². The molecular weight excluding hydrogens is 276 g/mol. The molecule has 0 amide bonds. The molecule has 4 N–H and O–H groups in total.